The average Bonchev–Trinajstić information content (AvgIpc) is 3.02. The number of fused-ring (bicyclic) bond motifs is 4. The Morgan fingerprint density at radius 2 is 1.15 bits per heavy atom. The Morgan fingerprint density at radius 1 is 0.808 bits per heavy atom. The fourth-order valence-corrected chi connectivity index (χ4v) is 7.77. The summed E-state index contributed by atoms with van der Waals surface area (Å²) in [6.07, 6.45) is 4.28. The number of ketones is 2. The molecule has 4 aliphatic carbocycles. The van der Waals surface area contributed by atoms with Crippen LogP contribution in [0.5, 0.6) is 0 Å². The van der Waals surface area contributed by atoms with Crippen LogP contribution in [0.15, 0.2) is 0 Å². The number of hydrogen-bond acceptors (Lipinski definition) is 3. The van der Waals surface area contributed by atoms with E-state index in [2.05, 4.69) is 41.5 Å². The molecule has 0 heterocycles. The number of hydrogen-bond donors (Lipinski definition) is 0. The highest BCUT2D eigenvalue weighted by atomic mass is 35.5. The van der Waals surface area contributed by atoms with Crippen molar-refractivity contribution in [3.63, 3.8) is 0 Å². The summed E-state index contributed by atoms with van der Waals surface area (Å²) in [5.41, 5.74) is -0.274. The molecular formula is C22H34ClNO2. The molecular weight excluding hydrogens is 346 g/mol. The van der Waals surface area contributed by atoms with Crippen molar-refractivity contribution < 1.29 is 9.59 Å². The molecule has 146 valence electrons. The van der Waals surface area contributed by atoms with E-state index in [-0.39, 0.29) is 33.5 Å². The van der Waals surface area contributed by atoms with Crippen molar-refractivity contribution in [3.05, 3.63) is 0 Å². The van der Waals surface area contributed by atoms with Crippen LogP contribution in [0.4, 0.5) is 0 Å². The van der Waals surface area contributed by atoms with E-state index >= 15 is 0 Å². The molecule has 0 radical (unpaired) electrons. The van der Waals surface area contributed by atoms with Gasteiger partial charge in [0.25, 0.3) is 0 Å². The third kappa shape index (κ3) is 2.00. The van der Waals surface area contributed by atoms with Gasteiger partial charge in [0.2, 0.25) is 0 Å². The molecule has 4 saturated carbocycles. The van der Waals surface area contributed by atoms with E-state index in [1.807, 2.05) is 0 Å². The molecule has 4 rings (SSSR count). The molecule has 0 N–H and O–H groups in total. The number of rotatable bonds is 4. The van der Waals surface area contributed by atoms with Gasteiger partial charge in [-0.3, -0.25) is 9.59 Å². The fourth-order valence-electron chi connectivity index (χ4n) is 7.47. The zero-order valence-corrected chi connectivity index (χ0v) is 17.9. The van der Waals surface area contributed by atoms with Crippen molar-refractivity contribution in [2.24, 2.45) is 45.3 Å². The third-order valence-corrected chi connectivity index (χ3v) is 10.4. The van der Waals surface area contributed by atoms with Gasteiger partial charge in [-0.1, -0.05) is 41.5 Å². The minimum Gasteiger partial charge on any atom is -0.299 e. The van der Waals surface area contributed by atoms with Crippen molar-refractivity contribution in [2.45, 2.75) is 67.2 Å². The number of carbonyl (C=O) groups excluding carboxylic acids is 2. The summed E-state index contributed by atoms with van der Waals surface area (Å²) in [6, 6.07) is 0. The van der Waals surface area contributed by atoms with Crippen molar-refractivity contribution in [2.75, 3.05) is 13.1 Å². The Bertz CT molecular complexity index is 615. The summed E-state index contributed by atoms with van der Waals surface area (Å²) in [5, 5.41) is 0. The highest BCUT2D eigenvalue weighted by Gasteiger charge is 2.67. The summed E-state index contributed by atoms with van der Waals surface area (Å²) in [4.78, 5) is 26.1. The number of carbonyl (C=O) groups is 2. The van der Waals surface area contributed by atoms with Gasteiger partial charge in [-0.2, -0.15) is 0 Å². The van der Waals surface area contributed by atoms with Gasteiger partial charge in [0.1, 0.15) is 11.6 Å². The van der Waals surface area contributed by atoms with Crippen LogP contribution in [0.1, 0.15) is 67.2 Å². The summed E-state index contributed by atoms with van der Waals surface area (Å²) >= 11 is 6.65. The fraction of sp³-hybridized carbons (Fsp3) is 0.909. The molecule has 26 heavy (non-hydrogen) atoms. The summed E-state index contributed by atoms with van der Waals surface area (Å²) < 4.78 is 1.78. The van der Waals surface area contributed by atoms with Crippen molar-refractivity contribution >= 4 is 23.3 Å². The van der Waals surface area contributed by atoms with E-state index in [4.69, 9.17) is 11.8 Å². The molecule has 0 aromatic heterocycles. The van der Waals surface area contributed by atoms with Crippen LogP contribution < -0.4 is 0 Å². The first-order valence-corrected chi connectivity index (χ1v) is 10.7. The Hall–Kier alpha value is -0.410. The van der Waals surface area contributed by atoms with Crippen LogP contribution >= 0.6 is 11.8 Å². The van der Waals surface area contributed by atoms with Crippen molar-refractivity contribution in [3.8, 4) is 0 Å². The molecule has 4 fully saturated rings. The lowest BCUT2D eigenvalue weighted by Gasteiger charge is -2.32. The Morgan fingerprint density at radius 3 is 1.42 bits per heavy atom. The second-order valence-corrected chi connectivity index (χ2v) is 11.6. The quantitative estimate of drug-likeness (QED) is 0.663. The highest BCUT2D eigenvalue weighted by molar-refractivity contribution is 6.13. The van der Waals surface area contributed by atoms with E-state index < -0.39 is 0 Å². The second kappa shape index (κ2) is 5.35. The van der Waals surface area contributed by atoms with Crippen LogP contribution in [0.25, 0.3) is 0 Å². The lowest BCUT2D eigenvalue weighted by Crippen LogP contribution is -2.39. The standard InChI is InChI=1S/C22H34ClNO2/c1-19(2)15-7-9-21(19,5)17(25)13(15)11-24(23)12-14-16-8-10-22(6,18(14)26)20(16,3)4/h13-16H,7-12H2,1-6H3/t13-,14-,15-,16+,21-,22-/m1/s1. The molecule has 0 amide bonds. The van der Waals surface area contributed by atoms with Gasteiger partial charge >= 0.3 is 0 Å². The first-order chi connectivity index (χ1) is 11.9. The lowest BCUT2D eigenvalue weighted by atomic mass is 9.70. The average molecular weight is 380 g/mol. The molecule has 6 atom stereocenters. The minimum absolute atomic E-state index is 0.0264. The molecule has 0 spiro atoms. The van der Waals surface area contributed by atoms with Gasteiger partial charge in [-0.25, -0.2) is 4.42 Å². The maximum Gasteiger partial charge on any atom is 0.143 e. The second-order valence-electron chi connectivity index (χ2n) is 11.2. The van der Waals surface area contributed by atoms with Crippen LogP contribution in [-0.2, 0) is 9.59 Å². The molecule has 4 bridgehead atoms. The van der Waals surface area contributed by atoms with Crippen LogP contribution in [0, 0.1) is 45.3 Å². The Labute approximate surface area is 163 Å². The molecule has 0 aromatic rings. The van der Waals surface area contributed by atoms with Gasteiger partial charge in [0.15, 0.2) is 0 Å². The first kappa shape index (κ1) is 18.9. The van der Waals surface area contributed by atoms with E-state index in [0.717, 1.165) is 25.7 Å². The highest BCUT2D eigenvalue weighted by Crippen LogP contribution is 2.67. The monoisotopic (exact) mass is 379 g/mol. The molecule has 0 aliphatic heterocycles. The van der Waals surface area contributed by atoms with Crippen LogP contribution in [0.2, 0.25) is 0 Å². The normalized spacial score (nSPS) is 48.2. The molecule has 4 heteroatoms. The van der Waals surface area contributed by atoms with Gasteiger partial charge in [0.05, 0.1) is 0 Å². The van der Waals surface area contributed by atoms with Gasteiger partial charge in [-0.05, 0) is 60.1 Å². The maximum atomic E-state index is 13.1. The van der Waals surface area contributed by atoms with Gasteiger partial charge in [0, 0.05) is 35.8 Å². The van der Waals surface area contributed by atoms with Crippen molar-refractivity contribution in [1.82, 2.24) is 4.42 Å². The zero-order valence-electron chi connectivity index (χ0n) is 17.2. The van der Waals surface area contributed by atoms with Crippen LogP contribution in [0.3, 0.4) is 0 Å². The number of halogens is 1. The van der Waals surface area contributed by atoms with E-state index in [9.17, 15) is 9.59 Å². The Balaban J connectivity index is 1.47. The largest absolute Gasteiger partial charge is 0.299 e. The summed E-state index contributed by atoms with van der Waals surface area (Å²) in [7, 11) is 0. The summed E-state index contributed by atoms with van der Waals surface area (Å²) in [5.74, 6) is 1.70. The number of Topliss-reactive ketones (excluding diaryl/α,β-unsaturated/α-hetero) is 2. The molecule has 4 aliphatic rings. The van der Waals surface area contributed by atoms with E-state index in [1.165, 1.54) is 0 Å². The first-order valence-electron chi connectivity index (χ1n) is 10.4. The molecule has 0 unspecified atom stereocenters. The maximum absolute atomic E-state index is 13.1. The predicted molar refractivity (Wildman–Crippen MR) is 104 cm³/mol. The lowest BCUT2D eigenvalue weighted by molar-refractivity contribution is -0.132. The van der Waals surface area contributed by atoms with Gasteiger partial charge < -0.3 is 0 Å². The molecule has 0 saturated heterocycles. The zero-order chi connectivity index (χ0) is 19.3. The van der Waals surface area contributed by atoms with E-state index in [1.54, 1.807) is 4.42 Å². The SMILES string of the molecule is CC1(C)[C@@H]2CC[C@]1(C)C(=O)[C@@H]2CN(Cl)C[C@H]1C(=O)[C@@]2(C)CC[C@@H]1C2(C)C. The van der Waals surface area contributed by atoms with Crippen LogP contribution in [-0.4, -0.2) is 29.1 Å². The predicted octanol–water partition coefficient (Wildman–Crippen LogP) is 4.73. The van der Waals surface area contributed by atoms with Crippen molar-refractivity contribution in [1.29, 1.82) is 0 Å². The minimum atomic E-state index is -0.197. The van der Waals surface area contributed by atoms with E-state index in [0.29, 0.717) is 36.5 Å². The number of nitrogens with zero attached hydrogens (tertiary/aromatic N) is 1. The Kier molecular flexibility index (Phi) is 3.89. The smallest absolute Gasteiger partial charge is 0.143 e. The molecule has 0 aromatic carbocycles. The third-order valence-electron chi connectivity index (χ3n) is 10.1. The summed E-state index contributed by atoms with van der Waals surface area (Å²) in [6.45, 7) is 14.5. The van der Waals surface area contributed by atoms with Gasteiger partial charge in [-0.15, -0.1) is 0 Å². The topological polar surface area (TPSA) is 37.4 Å². The molecule has 3 nitrogen and oxygen atoms in total.